The van der Waals surface area contributed by atoms with Crippen LogP contribution in [0.1, 0.15) is 17.3 Å². The van der Waals surface area contributed by atoms with Crippen LogP contribution in [-0.4, -0.2) is 28.4 Å². The number of hydrogen-bond acceptors (Lipinski definition) is 3. The van der Waals surface area contributed by atoms with Crippen molar-refractivity contribution in [3.63, 3.8) is 0 Å². The van der Waals surface area contributed by atoms with E-state index >= 15 is 0 Å². The fraction of sp³-hybridized carbons (Fsp3) is 0.273. The van der Waals surface area contributed by atoms with Crippen molar-refractivity contribution < 1.29 is 22.7 Å². The van der Waals surface area contributed by atoms with E-state index in [-0.39, 0.29) is 5.56 Å². The highest BCUT2D eigenvalue weighted by atomic mass is 19.4. The molecule has 0 amide bonds. The van der Waals surface area contributed by atoms with Crippen LogP contribution in [0.3, 0.4) is 0 Å². The number of alkyl halides is 3. The van der Waals surface area contributed by atoms with Gasteiger partial charge in [-0.2, -0.15) is 18.3 Å². The molecule has 2 aromatic rings. The van der Waals surface area contributed by atoms with E-state index < -0.39 is 18.2 Å². The van der Waals surface area contributed by atoms with Gasteiger partial charge < -0.3 is 4.74 Å². The third-order valence-electron chi connectivity index (χ3n) is 2.44. The number of esters is 1. The summed E-state index contributed by atoms with van der Waals surface area (Å²) in [6.45, 7) is 0.783. The molecule has 2 rings (SSSR count). The van der Waals surface area contributed by atoms with Gasteiger partial charge in [0.15, 0.2) is 6.10 Å². The minimum absolute atomic E-state index is 0.0288. The summed E-state index contributed by atoms with van der Waals surface area (Å²) >= 11 is 0. The van der Waals surface area contributed by atoms with E-state index in [1.54, 1.807) is 12.1 Å². The number of fused-ring (bicyclic) bond motifs is 1. The number of aromatic nitrogens is 2. The summed E-state index contributed by atoms with van der Waals surface area (Å²) < 4.78 is 41.2. The third-order valence-corrected chi connectivity index (χ3v) is 2.44. The average Bonchev–Trinajstić information content (AvgIpc) is 2.74. The molecule has 0 aliphatic rings. The number of rotatable bonds is 2. The molecule has 0 saturated heterocycles. The first-order valence-electron chi connectivity index (χ1n) is 5.09. The third kappa shape index (κ3) is 2.29. The summed E-state index contributed by atoms with van der Waals surface area (Å²) in [6, 6.07) is 4.61. The van der Waals surface area contributed by atoms with E-state index in [0.29, 0.717) is 10.9 Å². The predicted molar refractivity (Wildman–Crippen MR) is 57.0 cm³/mol. The topological polar surface area (TPSA) is 55.0 Å². The van der Waals surface area contributed by atoms with Crippen molar-refractivity contribution in [3.8, 4) is 0 Å². The second kappa shape index (κ2) is 4.32. The van der Waals surface area contributed by atoms with Crippen LogP contribution in [-0.2, 0) is 4.74 Å². The van der Waals surface area contributed by atoms with Crippen molar-refractivity contribution in [2.45, 2.75) is 19.2 Å². The van der Waals surface area contributed by atoms with Crippen LogP contribution in [0.15, 0.2) is 24.4 Å². The number of nitrogens with zero attached hydrogens (tertiary/aromatic N) is 1. The van der Waals surface area contributed by atoms with Gasteiger partial charge in [-0.15, -0.1) is 0 Å². The number of carbonyl (C=O) groups is 1. The van der Waals surface area contributed by atoms with E-state index in [2.05, 4.69) is 14.9 Å². The number of nitrogens with one attached hydrogen (secondary N) is 1. The summed E-state index contributed by atoms with van der Waals surface area (Å²) in [5.41, 5.74) is 0.387. The van der Waals surface area contributed by atoms with Crippen LogP contribution in [0.4, 0.5) is 13.2 Å². The van der Waals surface area contributed by atoms with E-state index in [1.807, 2.05) is 0 Å². The van der Waals surface area contributed by atoms with Gasteiger partial charge in [0.1, 0.15) is 0 Å². The standard InChI is InChI=1S/C11H9F3N2O2/c1-6(11(12,13)14)18-10(17)8-4-2-3-7-5-15-16-9(7)8/h2-6H,1H3,(H,15,16)/t6-/m0/s1. The number of halogens is 3. The Balaban J connectivity index is 2.27. The molecule has 0 aliphatic carbocycles. The summed E-state index contributed by atoms with van der Waals surface area (Å²) in [6.07, 6.45) is -5.25. The molecule has 96 valence electrons. The molecule has 0 radical (unpaired) electrons. The molecule has 7 heteroatoms. The van der Waals surface area contributed by atoms with Crippen LogP contribution in [0, 0.1) is 0 Å². The fourth-order valence-corrected chi connectivity index (χ4v) is 1.43. The maximum Gasteiger partial charge on any atom is 0.425 e. The van der Waals surface area contributed by atoms with Crippen molar-refractivity contribution >= 4 is 16.9 Å². The summed E-state index contributed by atoms with van der Waals surface area (Å²) in [4.78, 5) is 11.6. The molecule has 1 atom stereocenters. The Morgan fingerprint density at radius 2 is 2.17 bits per heavy atom. The lowest BCUT2D eigenvalue weighted by Crippen LogP contribution is -2.30. The van der Waals surface area contributed by atoms with Gasteiger partial charge in [0.25, 0.3) is 0 Å². The molecule has 0 spiro atoms. The van der Waals surface area contributed by atoms with Crippen LogP contribution < -0.4 is 0 Å². The van der Waals surface area contributed by atoms with Crippen LogP contribution in [0.5, 0.6) is 0 Å². The minimum atomic E-state index is -4.57. The second-order valence-electron chi connectivity index (χ2n) is 3.73. The van der Waals surface area contributed by atoms with Gasteiger partial charge >= 0.3 is 12.1 Å². The summed E-state index contributed by atoms with van der Waals surface area (Å²) in [5.74, 6) is -1.03. The van der Waals surface area contributed by atoms with Gasteiger partial charge in [0.2, 0.25) is 0 Å². The molecule has 0 aliphatic heterocycles. The first-order chi connectivity index (χ1) is 8.39. The van der Waals surface area contributed by atoms with E-state index in [4.69, 9.17) is 0 Å². The minimum Gasteiger partial charge on any atom is -0.449 e. The maximum atomic E-state index is 12.3. The zero-order valence-corrected chi connectivity index (χ0v) is 9.28. The first kappa shape index (κ1) is 12.4. The monoisotopic (exact) mass is 258 g/mol. The molecular weight excluding hydrogens is 249 g/mol. The SMILES string of the molecule is C[C@H](OC(=O)c1cccc2cn[nH]c12)C(F)(F)F. The molecule has 0 saturated carbocycles. The van der Waals surface area contributed by atoms with Gasteiger partial charge in [-0.3, -0.25) is 5.10 Å². The lowest BCUT2D eigenvalue weighted by atomic mass is 10.1. The number of carbonyl (C=O) groups excluding carboxylic acids is 1. The summed E-state index contributed by atoms with van der Waals surface area (Å²) in [5, 5.41) is 6.90. The number of para-hydroxylation sites is 1. The van der Waals surface area contributed by atoms with E-state index in [1.165, 1.54) is 12.3 Å². The predicted octanol–water partition coefficient (Wildman–Crippen LogP) is 2.67. The quantitative estimate of drug-likeness (QED) is 0.842. The lowest BCUT2D eigenvalue weighted by molar-refractivity contribution is -0.198. The normalized spacial score (nSPS) is 13.6. The van der Waals surface area contributed by atoms with Gasteiger partial charge in [0.05, 0.1) is 17.3 Å². The number of aromatic amines is 1. The average molecular weight is 258 g/mol. The van der Waals surface area contributed by atoms with Crippen molar-refractivity contribution in [2.24, 2.45) is 0 Å². The lowest BCUT2D eigenvalue weighted by Gasteiger charge is -2.16. The van der Waals surface area contributed by atoms with E-state index in [9.17, 15) is 18.0 Å². The number of ether oxygens (including phenoxy) is 1. The van der Waals surface area contributed by atoms with Crippen LogP contribution in [0.25, 0.3) is 10.9 Å². The Labute approximate surface area is 99.7 Å². The van der Waals surface area contributed by atoms with Crippen LogP contribution >= 0.6 is 0 Å². The highest BCUT2D eigenvalue weighted by Gasteiger charge is 2.39. The zero-order valence-electron chi connectivity index (χ0n) is 9.28. The van der Waals surface area contributed by atoms with Crippen molar-refractivity contribution in [1.29, 1.82) is 0 Å². The molecule has 1 aromatic carbocycles. The van der Waals surface area contributed by atoms with E-state index in [0.717, 1.165) is 6.92 Å². The van der Waals surface area contributed by atoms with Crippen molar-refractivity contribution in [1.82, 2.24) is 10.2 Å². The molecule has 0 unspecified atom stereocenters. The Morgan fingerprint density at radius 3 is 2.83 bits per heavy atom. The molecule has 0 fully saturated rings. The Hall–Kier alpha value is -2.05. The second-order valence-corrected chi connectivity index (χ2v) is 3.73. The fourth-order valence-electron chi connectivity index (χ4n) is 1.43. The first-order valence-corrected chi connectivity index (χ1v) is 5.09. The van der Waals surface area contributed by atoms with Gasteiger partial charge in [-0.25, -0.2) is 4.79 Å². The maximum absolute atomic E-state index is 12.3. The van der Waals surface area contributed by atoms with Crippen molar-refractivity contribution in [3.05, 3.63) is 30.0 Å². The van der Waals surface area contributed by atoms with Gasteiger partial charge in [-0.05, 0) is 13.0 Å². The van der Waals surface area contributed by atoms with Gasteiger partial charge in [0, 0.05) is 5.39 Å². The number of H-pyrrole nitrogens is 1. The Bertz CT molecular complexity index is 577. The van der Waals surface area contributed by atoms with Crippen molar-refractivity contribution in [2.75, 3.05) is 0 Å². The molecule has 1 aromatic heterocycles. The van der Waals surface area contributed by atoms with Gasteiger partial charge in [-0.1, -0.05) is 12.1 Å². The highest BCUT2D eigenvalue weighted by Crippen LogP contribution is 2.24. The molecule has 1 heterocycles. The molecule has 0 bridgehead atoms. The molecule has 4 nitrogen and oxygen atoms in total. The smallest absolute Gasteiger partial charge is 0.425 e. The molecule has 18 heavy (non-hydrogen) atoms. The molecular formula is C11H9F3N2O2. The zero-order chi connectivity index (χ0) is 13.3. The Morgan fingerprint density at radius 1 is 1.44 bits per heavy atom. The summed E-state index contributed by atoms with van der Waals surface area (Å²) in [7, 11) is 0. The Kier molecular flexibility index (Phi) is 2.98. The number of hydrogen-bond donors (Lipinski definition) is 1. The number of benzene rings is 1. The highest BCUT2D eigenvalue weighted by molar-refractivity contribution is 6.02. The molecule has 1 N–H and O–H groups in total. The largest absolute Gasteiger partial charge is 0.449 e. The van der Waals surface area contributed by atoms with Crippen LogP contribution in [0.2, 0.25) is 0 Å².